The Morgan fingerprint density at radius 1 is 1.50 bits per heavy atom. The minimum atomic E-state index is -3.94. The number of halogens is 2. The monoisotopic (exact) mass is 320 g/mol. The molecule has 0 radical (unpaired) electrons. The summed E-state index contributed by atoms with van der Waals surface area (Å²) in [5, 5.41) is 2.95. The Hall–Kier alpha value is -0.950. The summed E-state index contributed by atoms with van der Waals surface area (Å²) >= 11 is 5.88. The standard InChI is InChI=1S/C13H18ClFN2O2S/c1-9(2)8-17(4)20(18,19)12-6-11(14)5-10(7-16-3)13(12)15/h5-6,16H,1,7-8H2,2-4H3. The van der Waals surface area contributed by atoms with E-state index in [0.717, 1.165) is 10.4 Å². The highest BCUT2D eigenvalue weighted by atomic mass is 35.5. The summed E-state index contributed by atoms with van der Waals surface area (Å²) in [5.74, 6) is -0.780. The van der Waals surface area contributed by atoms with Gasteiger partial charge in [-0.25, -0.2) is 12.8 Å². The third kappa shape index (κ3) is 3.79. The quantitative estimate of drug-likeness (QED) is 0.819. The van der Waals surface area contributed by atoms with Crippen molar-refractivity contribution < 1.29 is 12.8 Å². The molecule has 7 heteroatoms. The van der Waals surface area contributed by atoms with Gasteiger partial charge in [0, 0.05) is 30.7 Å². The van der Waals surface area contributed by atoms with Crippen molar-refractivity contribution in [1.82, 2.24) is 9.62 Å². The largest absolute Gasteiger partial charge is 0.316 e. The third-order valence-corrected chi connectivity index (χ3v) is 4.65. The van der Waals surface area contributed by atoms with Gasteiger partial charge >= 0.3 is 0 Å². The molecule has 0 saturated heterocycles. The van der Waals surface area contributed by atoms with Crippen LogP contribution in [0.1, 0.15) is 12.5 Å². The van der Waals surface area contributed by atoms with E-state index in [1.807, 2.05) is 0 Å². The van der Waals surface area contributed by atoms with Gasteiger partial charge in [0.25, 0.3) is 0 Å². The second-order valence-corrected chi connectivity index (χ2v) is 7.08. The lowest BCUT2D eigenvalue weighted by molar-refractivity contribution is 0.481. The zero-order chi connectivity index (χ0) is 15.5. The summed E-state index contributed by atoms with van der Waals surface area (Å²) in [6.45, 7) is 5.67. The van der Waals surface area contributed by atoms with Crippen molar-refractivity contribution in [1.29, 1.82) is 0 Å². The first kappa shape index (κ1) is 17.1. The SMILES string of the molecule is C=C(C)CN(C)S(=O)(=O)c1cc(Cl)cc(CNC)c1F. The molecule has 0 aliphatic rings. The second kappa shape index (κ2) is 6.67. The Bertz CT molecular complexity index is 617. The number of rotatable bonds is 6. The zero-order valence-electron chi connectivity index (χ0n) is 11.7. The number of nitrogens with zero attached hydrogens (tertiary/aromatic N) is 1. The summed E-state index contributed by atoms with van der Waals surface area (Å²) in [7, 11) is -0.925. The minimum Gasteiger partial charge on any atom is -0.316 e. The van der Waals surface area contributed by atoms with Gasteiger partial charge in [-0.3, -0.25) is 0 Å². The maximum Gasteiger partial charge on any atom is 0.246 e. The summed E-state index contributed by atoms with van der Waals surface area (Å²) in [4.78, 5) is -0.418. The molecule has 0 bridgehead atoms. The van der Waals surface area contributed by atoms with Crippen molar-refractivity contribution in [3.05, 3.63) is 40.7 Å². The highest BCUT2D eigenvalue weighted by Gasteiger charge is 2.26. The first-order valence-electron chi connectivity index (χ1n) is 5.93. The van der Waals surface area contributed by atoms with E-state index in [1.165, 1.54) is 13.1 Å². The van der Waals surface area contributed by atoms with Crippen LogP contribution in [0.4, 0.5) is 4.39 Å². The molecule has 0 unspecified atom stereocenters. The van der Waals surface area contributed by atoms with Gasteiger partial charge in [-0.2, -0.15) is 4.31 Å². The van der Waals surface area contributed by atoms with E-state index in [-0.39, 0.29) is 23.7 Å². The molecule has 1 rings (SSSR count). The highest BCUT2D eigenvalue weighted by molar-refractivity contribution is 7.89. The Morgan fingerprint density at radius 3 is 2.60 bits per heavy atom. The topological polar surface area (TPSA) is 49.4 Å². The molecule has 1 aromatic carbocycles. The third-order valence-electron chi connectivity index (χ3n) is 2.63. The van der Waals surface area contributed by atoms with Crippen molar-refractivity contribution >= 4 is 21.6 Å². The molecule has 0 aromatic heterocycles. The van der Waals surface area contributed by atoms with E-state index in [4.69, 9.17) is 11.6 Å². The second-order valence-electron chi connectivity index (χ2n) is 4.63. The summed E-state index contributed by atoms with van der Waals surface area (Å²) in [6.07, 6.45) is 0. The molecular formula is C13H18ClFN2O2S. The molecule has 1 aromatic rings. The van der Waals surface area contributed by atoms with Crippen LogP contribution in [0.25, 0.3) is 0 Å². The van der Waals surface area contributed by atoms with Crippen molar-refractivity contribution in [2.24, 2.45) is 0 Å². The average molecular weight is 321 g/mol. The fourth-order valence-corrected chi connectivity index (χ4v) is 3.42. The van der Waals surface area contributed by atoms with Crippen LogP contribution in [0, 0.1) is 5.82 Å². The Balaban J connectivity index is 3.34. The van der Waals surface area contributed by atoms with Crippen LogP contribution >= 0.6 is 11.6 Å². The van der Waals surface area contributed by atoms with Crippen LogP contribution < -0.4 is 5.32 Å². The fraction of sp³-hybridized carbons (Fsp3) is 0.385. The molecule has 0 fully saturated rings. The van der Waals surface area contributed by atoms with E-state index >= 15 is 0 Å². The van der Waals surface area contributed by atoms with E-state index in [2.05, 4.69) is 11.9 Å². The number of hydrogen-bond donors (Lipinski definition) is 1. The van der Waals surface area contributed by atoms with Gasteiger partial charge in [0.1, 0.15) is 10.7 Å². The van der Waals surface area contributed by atoms with Gasteiger partial charge < -0.3 is 5.32 Å². The van der Waals surface area contributed by atoms with Crippen molar-refractivity contribution in [2.75, 3.05) is 20.6 Å². The molecular weight excluding hydrogens is 303 g/mol. The van der Waals surface area contributed by atoms with Crippen molar-refractivity contribution in [3.8, 4) is 0 Å². The van der Waals surface area contributed by atoms with Gasteiger partial charge in [0.15, 0.2) is 0 Å². The lowest BCUT2D eigenvalue weighted by atomic mass is 10.2. The van der Waals surface area contributed by atoms with Gasteiger partial charge in [0.2, 0.25) is 10.0 Å². The maximum absolute atomic E-state index is 14.3. The normalized spacial score (nSPS) is 11.9. The predicted molar refractivity (Wildman–Crippen MR) is 78.8 cm³/mol. The maximum atomic E-state index is 14.3. The van der Waals surface area contributed by atoms with Crippen LogP contribution in [0.15, 0.2) is 29.2 Å². The van der Waals surface area contributed by atoms with Gasteiger partial charge in [-0.1, -0.05) is 23.8 Å². The molecule has 4 nitrogen and oxygen atoms in total. The molecule has 0 amide bonds. The van der Waals surface area contributed by atoms with E-state index < -0.39 is 20.7 Å². The molecule has 0 heterocycles. The van der Waals surface area contributed by atoms with Crippen molar-refractivity contribution in [2.45, 2.75) is 18.4 Å². The number of nitrogens with one attached hydrogen (secondary N) is 1. The molecule has 0 spiro atoms. The van der Waals surface area contributed by atoms with Crippen LogP contribution in [-0.2, 0) is 16.6 Å². The van der Waals surface area contributed by atoms with Crippen LogP contribution in [0.5, 0.6) is 0 Å². The van der Waals surface area contributed by atoms with Gasteiger partial charge in [-0.15, -0.1) is 0 Å². The summed E-state index contributed by atoms with van der Waals surface area (Å²) in [5.41, 5.74) is 0.872. The zero-order valence-corrected chi connectivity index (χ0v) is 13.3. The molecule has 0 atom stereocenters. The first-order valence-corrected chi connectivity index (χ1v) is 7.75. The predicted octanol–water partition coefficient (Wildman–Crippen LogP) is 2.40. The lowest BCUT2D eigenvalue weighted by Gasteiger charge is -2.18. The average Bonchev–Trinajstić information content (AvgIpc) is 2.32. The molecule has 20 heavy (non-hydrogen) atoms. The van der Waals surface area contributed by atoms with Crippen molar-refractivity contribution in [3.63, 3.8) is 0 Å². The van der Waals surface area contributed by atoms with Crippen LogP contribution in [0.2, 0.25) is 5.02 Å². The Labute approximate surface area is 124 Å². The molecule has 0 aliphatic heterocycles. The van der Waals surface area contributed by atoms with Crippen LogP contribution in [-0.4, -0.2) is 33.4 Å². The smallest absolute Gasteiger partial charge is 0.246 e. The number of hydrogen-bond acceptors (Lipinski definition) is 3. The number of likely N-dealkylation sites (N-methyl/N-ethyl adjacent to an activating group) is 1. The summed E-state index contributed by atoms with van der Waals surface area (Å²) in [6, 6.07) is 2.53. The highest BCUT2D eigenvalue weighted by Crippen LogP contribution is 2.26. The van der Waals surface area contributed by atoms with E-state index in [1.54, 1.807) is 14.0 Å². The van der Waals surface area contributed by atoms with E-state index in [9.17, 15) is 12.8 Å². The Kier molecular flexibility index (Phi) is 5.70. The minimum absolute atomic E-state index is 0.121. The molecule has 0 saturated carbocycles. The van der Waals surface area contributed by atoms with Gasteiger partial charge in [0.05, 0.1) is 0 Å². The number of benzene rings is 1. The molecule has 112 valence electrons. The molecule has 1 N–H and O–H groups in total. The van der Waals surface area contributed by atoms with E-state index in [0.29, 0.717) is 5.57 Å². The lowest BCUT2D eigenvalue weighted by Crippen LogP contribution is -2.29. The molecule has 0 aliphatic carbocycles. The first-order chi connectivity index (χ1) is 9.20. The number of sulfonamides is 1. The van der Waals surface area contributed by atoms with Crippen LogP contribution in [0.3, 0.4) is 0 Å². The Morgan fingerprint density at radius 2 is 2.10 bits per heavy atom. The fourth-order valence-electron chi connectivity index (χ4n) is 1.76. The van der Waals surface area contributed by atoms with Gasteiger partial charge in [-0.05, 0) is 26.1 Å². The summed E-state index contributed by atoms with van der Waals surface area (Å²) < 4.78 is 40.1.